The molecule has 2 atom stereocenters. The molecule has 3 rings (SSSR count). The summed E-state index contributed by atoms with van der Waals surface area (Å²) in [6.45, 7) is 0. The number of likely N-dealkylation sites (N-methyl/N-ethyl adjacent to an activating group) is 1. The number of nitrogens with zero attached hydrogens (tertiary/aromatic N) is 2. The Kier molecular flexibility index (Phi) is 4.63. The van der Waals surface area contributed by atoms with E-state index in [0.29, 0.717) is 19.9 Å². The number of rotatable bonds is 4. The molecule has 0 aromatic heterocycles. The minimum absolute atomic E-state index is 0.230. The Balaban J connectivity index is 1.92. The van der Waals surface area contributed by atoms with E-state index in [9.17, 15) is 0 Å². The predicted molar refractivity (Wildman–Crippen MR) is 91.9 cm³/mol. The van der Waals surface area contributed by atoms with Gasteiger partial charge in [0.2, 0.25) is 0 Å². The normalized spacial score (nSPS) is 21.0. The fourth-order valence-corrected chi connectivity index (χ4v) is 5.14. The van der Waals surface area contributed by atoms with Crippen LogP contribution in [-0.4, -0.2) is 50.6 Å². The fraction of sp³-hybridized carbons (Fsp3) is 0.278. The number of hydrogen-bond acceptors (Lipinski definition) is 3. The monoisotopic (exact) mass is 360 g/mol. The summed E-state index contributed by atoms with van der Waals surface area (Å²) >= 11 is 0.332. The summed E-state index contributed by atoms with van der Waals surface area (Å²) in [6, 6.07) is 19.1. The predicted octanol–water partition coefficient (Wildman–Crippen LogP) is 2.79. The zero-order valence-corrected chi connectivity index (χ0v) is 14.8. The maximum absolute atomic E-state index is 5.24. The van der Waals surface area contributed by atoms with Crippen molar-refractivity contribution in [2.75, 3.05) is 21.2 Å². The van der Waals surface area contributed by atoms with Crippen LogP contribution in [0.25, 0.3) is 0 Å². The molecule has 1 aliphatic rings. The van der Waals surface area contributed by atoms with Crippen LogP contribution < -0.4 is 4.74 Å². The molecule has 0 N–H and O–H groups in total. The molecule has 0 bridgehead atoms. The molecule has 1 heterocycles. The molecule has 0 spiro atoms. The van der Waals surface area contributed by atoms with Crippen molar-refractivity contribution in [3.05, 3.63) is 65.7 Å². The Hall–Kier alpha value is -1.61. The summed E-state index contributed by atoms with van der Waals surface area (Å²) < 4.78 is 6.48. The van der Waals surface area contributed by atoms with Crippen molar-refractivity contribution in [2.24, 2.45) is 4.99 Å². The van der Waals surface area contributed by atoms with E-state index in [2.05, 4.69) is 61.5 Å². The van der Waals surface area contributed by atoms with Crippen molar-refractivity contribution in [1.82, 2.24) is 4.90 Å². The first kappa shape index (κ1) is 15.3. The van der Waals surface area contributed by atoms with Gasteiger partial charge in [0, 0.05) is 0 Å². The third-order valence-electron chi connectivity index (χ3n) is 3.75. The van der Waals surface area contributed by atoms with Crippen LogP contribution in [0.15, 0.2) is 59.6 Å². The van der Waals surface area contributed by atoms with Gasteiger partial charge in [-0.3, -0.25) is 0 Å². The Morgan fingerprint density at radius 2 is 1.68 bits per heavy atom. The average molecular weight is 359 g/mol. The second-order valence-electron chi connectivity index (χ2n) is 5.49. The number of aliphatic imine (C=N–C) groups is 1. The van der Waals surface area contributed by atoms with E-state index in [4.69, 9.17) is 9.73 Å². The fourth-order valence-electron chi connectivity index (χ4n) is 2.55. The van der Waals surface area contributed by atoms with E-state index >= 15 is 0 Å². The molecule has 22 heavy (non-hydrogen) atoms. The summed E-state index contributed by atoms with van der Waals surface area (Å²) in [4.78, 5) is 7.82. The molecule has 114 valence electrons. The second kappa shape index (κ2) is 6.65. The van der Waals surface area contributed by atoms with Gasteiger partial charge in [-0.15, -0.1) is 0 Å². The van der Waals surface area contributed by atoms with E-state index < -0.39 is 0 Å². The second-order valence-corrected chi connectivity index (χ2v) is 7.81. The van der Waals surface area contributed by atoms with Gasteiger partial charge in [0.25, 0.3) is 0 Å². The molecule has 0 unspecified atom stereocenters. The molecule has 1 aliphatic heterocycles. The minimum atomic E-state index is 0.230. The van der Waals surface area contributed by atoms with Crippen LogP contribution in [0.1, 0.15) is 17.2 Å². The van der Waals surface area contributed by atoms with Gasteiger partial charge in [-0.05, 0) is 0 Å². The van der Waals surface area contributed by atoms with Crippen molar-refractivity contribution < 1.29 is 4.74 Å². The standard InChI is InChI=1S/C18H20N2OSe/c1-20(2)18-16(13-7-5-4-6-8-13)19-17(22-18)14-9-11-15(21-3)12-10-14/h4-12,16,18H,1-3H3/t16-,18+/m1/s1. The number of hydrogen-bond donors (Lipinski definition) is 0. The van der Waals surface area contributed by atoms with Gasteiger partial charge >= 0.3 is 138 Å². The number of methoxy groups -OCH3 is 1. The first-order chi connectivity index (χ1) is 10.7. The van der Waals surface area contributed by atoms with Crippen molar-refractivity contribution in [1.29, 1.82) is 0 Å². The van der Waals surface area contributed by atoms with E-state index in [1.54, 1.807) is 7.11 Å². The first-order valence-corrected chi connectivity index (χ1v) is 9.14. The van der Waals surface area contributed by atoms with Crippen LogP contribution in [0.3, 0.4) is 0 Å². The Labute approximate surface area is 138 Å². The Bertz CT molecular complexity index is 653. The van der Waals surface area contributed by atoms with Gasteiger partial charge in [-0.1, -0.05) is 0 Å². The molecule has 0 aliphatic carbocycles. The molecule has 2 aromatic carbocycles. The molecular formula is C18H20N2OSe. The number of ether oxygens (including phenoxy) is 1. The van der Waals surface area contributed by atoms with Gasteiger partial charge in [0.1, 0.15) is 0 Å². The molecule has 0 amide bonds. The zero-order chi connectivity index (χ0) is 15.5. The van der Waals surface area contributed by atoms with Crippen molar-refractivity contribution in [3.8, 4) is 5.75 Å². The number of benzene rings is 2. The van der Waals surface area contributed by atoms with E-state index in [0.717, 1.165) is 5.75 Å². The maximum atomic E-state index is 5.24. The van der Waals surface area contributed by atoms with Gasteiger partial charge in [0.15, 0.2) is 0 Å². The van der Waals surface area contributed by atoms with Gasteiger partial charge in [-0.2, -0.15) is 0 Å². The summed E-state index contributed by atoms with van der Waals surface area (Å²) in [5.41, 5.74) is 2.51. The molecular weight excluding hydrogens is 339 g/mol. The van der Waals surface area contributed by atoms with Gasteiger partial charge in [0.05, 0.1) is 0 Å². The average Bonchev–Trinajstić information content (AvgIpc) is 3.01. The summed E-state index contributed by atoms with van der Waals surface area (Å²) in [5.74, 6) is 0.888. The van der Waals surface area contributed by atoms with Crippen LogP contribution in [0, 0.1) is 0 Å². The van der Waals surface area contributed by atoms with Gasteiger partial charge < -0.3 is 0 Å². The molecule has 0 fully saturated rings. The van der Waals surface area contributed by atoms with Crippen LogP contribution in [-0.2, 0) is 0 Å². The van der Waals surface area contributed by atoms with Crippen molar-refractivity contribution >= 4 is 19.6 Å². The van der Waals surface area contributed by atoms with Gasteiger partial charge in [-0.25, -0.2) is 0 Å². The van der Waals surface area contributed by atoms with Crippen LogP contribution in [0.2, 0.25) is 0 Å². The van der Waals surface area contributed by atoms with E-state index in [1.807, 2.05) is 12.1 Å². The summed E-state index contributed by atoms with van der Waals surface area (Å²) in [6.07, 6.45) is 0. The third-order valence-corrected chi connectivity index (χ3v) is 6.86. The molecule has 2 aromatic rings. The van der Waals surface area contributed by atoms with Crippen LogP contribution >= 0.6 is 0 Å². The molecule has 0 radical (unpaired) electrons. The zero-order valence-electron chi connectivity index (χ0n) is 13.1. The van der Waals surface area contributed by atoms with E-state index in [-0.39, 0.29) is 6.04 Å². The Morgan fingerprint density at radius 1 is 1.00 bits per heavy atom. The molecule has 3 nitrogen and oxygen atoms in total. The summed E-state index contributed by atoms with van der Waals surface area (Å²) in [7, 11) is 5.99. The topological polar surface area (TPSA) is 24.8 Å². The molecule has 0 saturated carbocycles. The SMILES string of the molecule is COc1ccc(C2=N[C@H](c3ccccc3)[C@@H](N(C)C)[Se]2)cc1. The Morgan fingerprint density at radius 3 is 2.27 bits per heavy atom. The first-order valence-electron chi connectivity index (χ1n) is 7.29. The quantitative estimate of drug-likeness (QED) is 0.785. The van der Waals surface area contributed by atoms with Crippen LogP contribution in [0.5, 0.6) is 5.75 Å². The van der Waals surface area contributed by atoms with Crippen LogP contribution in [0.4, 0.5) is 0 Å². The third kappa shape index (κ3) is 3.09. The van der Waals surface area contributed by atoms with E-state index in [1.165, 1.54) is 15.7 Å². The molecule has 0 saturated heterocycles. The van der Waals surface area contributed by atoms with Crippen molar-refractivity contribution in [3.63, 3.8) is 0 Å². The van der Waals surface area contributed by atoms with Crippen molar-refractivity contribution in [2.45, 2.75) is 11.0 Å². The summed E-state index contributed by atoms with van der Waals surface area (Å²) in [5, 5.41) is 0. The molecule has 4 heteroatoms.